The number of halogens is 2. The van der Waals surface area contributed by atoms with Crippen molar-refractivity contribution in [3.05, 3.63) is 63.6 Å². The van der Waals surface area contributed by atoms with Gasteiger partial charge in [-0.15, -0.1) is 0 Å². The minimum atomic E-state index is -3.54. The Labute approximate surface area is 224 Å². The van der Waals surface area contributed by atoms with Gasteiger partial charge in [-0.1, -0.05) is 60.8 Å². The molecule has 0 saturated heterocycles. The van der Waals surface area contributed by atoms with Crippen molar-refractivity contribution in [3.8, 4) is 0 Å². The fourth-order valence-corrected chi connectivity index (χ4v) is 5.34. The fraction of sp³-hybridized carbons (Fsp3) is 0.462. The number of carbonyl (C=O) groups is 2. The molecule has 2 aromatic rings. The SMILES string of the molecule is CCCNC(=O)[C@@H](CC)N(Cc1c(Cl)cccc1Cl)C(=O)CCCN(c1ccc(C)cc1)S(C)(=O)=O. The van der Waals surface area contributed by atoms with E-state index in [9.17, 15) is 18.0 Å². The summed E-state index contributed by atoms with van der Waals surface area (Å²) < 4.78 is 26.2. The van der Waals surface area contributed by atoms with Gasteiger partial charge < -0.3 is 10.2 Å². The lowest BCUT2D eigenvalue weighted by Gasteiger charge is -2.31. The van der Waals surface area contributed by atoms with E-state index in [0.717, 1.165) is 18.2 Å². The summed E-state index contributed by atoms with van der Waals surface area (Å²) in [4.78, 5) is 27.9. The second kappa shape index (κ2) is 13.9. The zero-order valence-corrected chi connectivity index (χ0v) is 23.6. The summed E-state index contributed by atoms with van der Waals surface area (Å²) in [5.41, 5.74) is 2.12. The lowest BCUT2D eigenvalue weighted by molar-refractivity contribution is -0.141. The highest BCUT2D eigenvalue weighted by atomic mass is 35.5. The highest BCUT2D eigenvalue weighted by Gasteiger charge is 2.29. The minimum Gasteiger partial charge on any atom is -0.354 e. The molecule has 0 spiro atoms. The van der Waals surface area contributed by atoms with Gasteiger partial charge in [-0.3, -0.25) is 13.9 Å². The molecule has 0 aliphatic carbocycles. The van der Waals surface area contributed by atoms with E-state index in [1.165, 1.54) is 9.21 Å². The predicted molar refractivity (Wildman–Crippen MR) is 147 cm³/mol. The largest absolute Gasteiger partial charge is 0.354 e. The van der Waals surface area contributed by atoms with Gasteiger partial charge in [0.05, 0.1) is 11.9 Å². The second-order valence-electron chi connectivity index (χ2n) is 8.71. The standard InChI is InChI=1S/C26H35Cl2N3O4S/c1-5-16-29-26(33)24(6-2)30(18-21-22(27)9-7-10-23(21)28)25(32)11-8-17-31(36(4,34)35)20-14-12-19(3)13-15-20/h7,9-10,12-15,24H,5-6,8,11,16-18H2,1-4H3,(H,29,33)/t24-/m1/s1. The lowest BCUT2D eigenvalue weighted by Crippen LogP contribution is -2.49. The number of anilines is 1. The van der Waals surface area contributed by atoms with Gasteiger partial charge in [-0.2, -0.15) is 0 Å². The molecule has 0 aliphatic heterocycles. The molecule has 1 N–H and O–H groups in total. The van der Waals surface area contributed by atoms with Crippen LogP contribution in [0.3, 0.4) is 0 Å². The number of nitrogens with one attached hydrogen (secondary N) is 1. The van der Waals surface area contributed by atoms with Gasteiger partial charge in [-0.05, 0) is 50.5 Å². The van der Waals surface area contributed by atoms with Crippen LogP contribution in [0.15, 0.2) is 42.5 Å². The number of rotatable bonds is 13. The molecule has 7 nitrogen and oxygen atoms in total. The first kappa shape index (κ1) is 29.9. The topological polar surface area (TPSA) is 86.8 Å². The van der Waals surface area contributed by atoms with Gasteiger partial charge in [-0.25, -0.2) is 8.42 Å². The Kier molecular flexibility index (Phi) is 11.5. The Bertz CT molecular complexity index is 1120. The normalized spacial score (nSPS) is 12.2. The second-order valence-corrected chi connectivity index (χ2v) is 11.4. The van der Waals surface area contributed by atoms with Crippen molar-refractivity contribution in [1.82, 2.24) is 10.2 Å². The molecule has 2 amide bonds. The van der Waals surface area contributed by atoms with Gasteiger partial charge in [0, 0.05) is 41.7 Å². The van der Waals surface area contributed by atoms with Crippen molar-refractivity contribution >= 4 is 50.7 Å². The van der Waals surface area contributed by atoms with E-state index in [1.807, 2.05) is 32.9 Å². The molecule has 2 aromatic carbocycles. The number of sulfonamides is 1. The molecule has 0 saturated carbocycles. The quantitative estimate of drug-likeness (QED) is 0.368. The number of nitrogens with zero attached hydrogens (tertiary/aromatic N) is 2. The van der Waals surface area contributed by atoms with Crippen molar-refractivity contribution in [3.63, 3.8) is 0 Å². The maximum Gasteiger partial charge on any atom is 0.242 e. The maximum absolute atomic E-state index is 13.5. The highest BCUT2D eigenvalue weighted by molar-refractivity contribution is 7.92. The molecule has 0 unspecified atom stereocenters. The van der Waals surface area contributed by atoms with Crippen molar-refractivity contribution in [2.75, 3.05) is 23.7 Å². The van der Waals surface area contributed by atoms with Crippen molar-refractivity contribution in [1.29, 1.82) is 0 Å². The highest BCUT2D eigenvalue weighted by Crippen LogP contribution is 2.27. The van der Waals surface area contributed by atoms with Crippen LogP contribution in [-0.4, -0.2) is 50.5 Å². The first-order valence-corrected chi connectivity index (χ1v) is 14.6. The summed E-state index contributed by atoms with van der Waals surface area (Å²) in [6, 6.07) is 11.6. The number of hydrogen-bond acceptors (Lipinski definition) is 4. The molecule has 1 atom stereocenters. The monoisotopic (exact) mass is 555 g/mol. The molecule has 36 heavy (non-hydrogen) atoms. The van der Waals surface area contributed by atoms with Crippen LogP contribution in [0.25, 0.3) is 0 Å². The number of benzene rings is 2. The molecule has 10 heteroatoms. The minimum absolute atomic E-state index is 0.0531. The first-order chi connectivity index (χ1) is 17.0. The van der Waals surface area contributed by atoms with Crippen LogP contribution in [0.5, 0.6) is 0 Å². The van der Waals surface area contributed by atoms with Crippen LogP contribution in [0.4, 0.5) is 5.69 Å². The van der Waals surface area contributed by atoms with Crippen LogP contribution < -0.4 is 9.62 Å². The number of carbonyl (C=O) groups excluding carboxylic acids is 2. The summed E-state index contributed by atoms with van der Waals surface area (Å²) in [6.45, 7) is 6.43. The lowest BCUT2D eigenvalue weighted by atomic mass is 10.1. The average molecular weight is 557 g/mol. The van der Waals surface area contributed by atoms with E-state index < -0.39 is 16.1 Å². The van der Waals surface area contributed by atoms with E-state index >= 15 is 0 Å². The Morgan fingerprint density at radius 2 is 1.64 bits per heavy atom. The van der Waals surface area contributed by atoms with Crippen LogP contribution in [0.2, 0.25) is 10.0 Å². The molecular formula is C26H35Cl2N3O4S. The molecule has 0 bridgehead atoms. The Hall–Kier alpha value is -2.29. The van der Waals surface area contributed by atoms with Crippen molar-refractivity contribution in [2.45, 2.75) is 59.0 Å². The molecule has 0 radical (unpaired) electrons. The van der Waals surface area contributed by atoms with Crippen molar-refractivity contribution in [2.24, 2.45) is 0 Å². The van der Waals surface area contributed by atoms with E-state index in [4.69, 9.17) is 23.2 Å². The van der Waals surface area contributed by atoms with E-state index in [0.29, 0.717) is 34.3 Å². The Morgan fingerprint density at radius 3 is 2.17 bits per heavy atom. The summed E-state index contributed by atoms with van der Waals surface area (Å²) in [5.74, 6) is -0.518. The van der Waals surface area contributed by atoms with Crippen LogP contribution in [-0.2, 0) is 26.2 Å². The summed E-state index contributed by atoms with van der Waals surface area (Å²) in [7, 11) is -3.54. The van der Waals surface area contributed by atoms with E-state index in [2.05, 4.69) is 5.32 Å². The third kappa shape index (κ3) is 8.39. The van der Waals surface area contributed by atoms with Gasteiger partial charge in [0.1, 0.15) is 6.04 Å². The van der Waals surface area contributed by atoms with Gasteiger partial charge >= 0.3 is 0 Å². The predicted octanol–water partition coefficient (Wildman–Crippen LogP) is 5.18. The van der Waals surface area contributed by atoms with E-state index in [-0.39, 0.29) is 37.7 Å². The van der Waals surface area contributed by atoms with Crippen LogP contribution in [0, 0.1) is 6.92 Å². The fourth-order valence-electron chi connectivity index (χ4n) is 3.85. The summed E-state index contributed by atoms with van der Waals surface area (Å²) in [6.07, 6.45) is 2.65. The van der Waals surface area contributed by atoms with Crippen LogP contribution >= 0.6 is 23.2 Å². The molecule has 2 rings (SSSR count). The third-order valence-electron chi connectivity index (χ3n) is 5.80. The first-order valence-electron chi connectivity index (χ1n) is 12.0. The summed E-state index contributed by atoms with van der Waals surface area (Å²) >= 11 is 12.7. The van der Waals surface area contributed by atoms with Gasteiger partial charge in [0.15, 0.2) is 0 Å². The molecular weight excluding hydrogens is 521 g/mol. The zero-order valence-electron chi connectivity index (χ0n) is 21.3. The van der Waals surface area contributed by atoms with Crippen molar-refractivity contribution < 1.29 is 18.0 Å². The molecule has 0 fully saturated rings. The zero-order chi connectivity index (χ0) is 26.9. The molecule has 0 aliphatic rings. The number of amides is 2. The maximum atomic E-state index is 13.5. The molecule has 0 heterocycles. The smallest absolute Gasteiger partial charge is 0.242 e. The molecule has 198 valence electrons. The van der Waals surface area contributed by atoms with E-state index in [1.54, 1.807) is 30.3 Å². The van der Waals surface area contributed by atoms with Crippen LogP contribution in [0.1, 0.15) is 50.7 Å². The number of aryl methyl sites for hydroxylation is 1. The number of hydrogen-bond donors (Lipinski definition) is 1. The average Bonchev–Trinajstić information content (AvgIpc) is 2.82. The Balaban J connectivity index is 2.25. The van der Waals surface area contributed by atoms with Gasteiger partial charge in [0.2, 0.25) is 21.8 Å². The third-order valence-corrected chi connectivity index (χ3v) is 7.70. The Morgan fingerprint density at radius 1 is 1.03 bits per heavy atom. The summed E-state index contributed by atoms with van der Waals surface area (Å²) in [5, 5.41) is 3.69. The molecule has 0 aromatic heterocycles. The van der Waals surface area contributed by atoms with Gasteiger partial charge in [0.25, 0.3) is 0 Å².